The third kappa shape index (κ3) is 4.56. The minimum atomic E-state index is -0.444. The molecular formula is C17H24N2O3. The largest absolute Gasteiger partial charge is 0.465 e. The van der Waals surface area contributed by atoms with E-state index in [1.165, 1.54) is 20.0 Å². The van der Waals surface area contributed by atoms with Crippen molar-refractivity contribution in [1.82, 2.24) is 4.90 Å². The maximum absolute atomic E-state index is 12.1. The van der Waals surface area contributed by atoms with Crippen molar-refractivity contribution in [3.63, 3.8) is 0 Å². The highest BCUT2D eigenvalue weighted by Crippen LogP contribution is 2.17. The van der Waals surface area contributed by atoms with Crippen LogP contribution in [0.4, 0.5) is 5.69 Å². The van der Waals surface area contributed by atoms with Crippen LogP contribution in [0.25, 0.3) is 0 Å². The Bertz CT molecular complexity index is 530. The molecule has 1 N–H and O–H groups in total. The number of amides is 1. The molecule has 1 aliphatic rings. The first kappa shape index (κ1) is 16.5. The number of carbonyl (C=O) groups is 2. The summed E-state index contributed by atoms with van der Waals surface area (Å²) in [6.45, 7) is 5.14. The fraction of sp³-hybridized carbons (Fsp3) is 0.529. The van der Waals surface area contributed by atoms with Crippen LogP contribution in [0.15, 0.2) is 24.3 Å². The van der Waals surface area contributed by atoms with Gasteiger partial charge in [-0.15, -0.1) is 0 Å². The molecule has 1 fully saturated rings. The van der Waals surface area contributed by atoms with Crippen molar-refractivity contribution in [1.29, 1.82) is 0 Å². The molecule has 22 heavy (non-hydrogen) atoms. The lowest BCUT2D eigenvalue weighted by Gasteiger charge is -2.30. The first-order valence-electron chi connectivity index (χ1n) is 7.79. The summed E-state index contributed by atoms with van der Waals surface area (Å²) in [7, 11) is 1.33. The highest BCUT2D eigenvalue weighted by molar-refractivity contribution is 6.01. The number of benzene rings is 1. The van der Waals surface area contributed by atoms with Gasteiger partial charge in [0.2, 0.25) is 5.91 Å². The second-order valence-electron chi connectivity index (χ2n) is 5.88. The van der Waals surface area contributed by atoms with E-state index in [9.17, 15) is 9.59 Å². The number of hydrogen-bond acceptors (Lipinski definition) is 4. The number of hydrogen-bond donors (Lipinski definition) is 1. The van der Waals surface area contributed by atoms with Gasteiger partial charge in [-0.2, -0.15) is 0 Å². The third-order valence-electron chi connectivity index (χ3n) is 4.00. The van der Waals surface area contributed by atoms with Crippen molar-refractivity contribution in [2.45, 2.75) is 26.2 Å². The molecule has 120 valence electrons. The molecule has 2 rings (SSSR count). The van der Waals surface area contributed by atoms with Gasteiger partial charge in [-0.3, -0.25) is 4.79 Å². The Kier molecular flexibility index (Phi) is 5.95. The summed E-state index contributed by atoms with van der Waals surface area (Å²) in [6.07, 6.45) is 2.91. The molecule has 0 bridgehead atoms. The number of esters is 1. The molecule has 1 aromatic rings. The van der Waals surface area contributed by atoms with Crippen molar-refractivity contribution < 1.29 is 14.3 Å². The van der Waals surface area contributed by atoms with E-state index < -0.39 is 5.97 Å². The Hall–Kier alpha value is -1.88. The fourth-order valence-electron chi connectivity index (χ4n) is 2.84. The Morgan fingerprint density at radius 3 is 2.86 bits per heavy atom. The van der Waals surface area contributed by atoms with Gasteiger partial charge in [-0.05, 0) is 37.4 Å². The van der Waals surface area contributed by atoms with E-state index in [1.807, 2.05) is 0 Å². The number of carbonyl (C=O) groups excluding carboxylic acids is 2. The second kappa shape index (κ2) is 7.94. The van der Waals surface area contributed by atoms with E-state index in [0.29, 0.717) is 23.6 Å². The summed E-state index contributed by atoms with van der Waals surface area (Å²) in [5, 5.41) is 2.81. The molecule has 0 radical (unpaired) electrons. The summed E-state index contributed by atoms with van der Waals surface area (Å²) < 4.78 is 4.73. The standard InChI is InChI=1S/C17H24N2O3/c1-13-6-5-10-19(12-13)11-9-16(20)18-15-8-4-3-7-14(15)17(21)22-2/h3-4,7-8,13H,5-6,9-12H2,1-2H3,(H,18,20). The topological polar surface area (TPSA) is 58.6 Å². The van der Waals surface area contributed by atoms with E-state index in [4.69, 9.17) is 4.74 Å². The number of rotatable bonds is 5. The normalized spacial score (nSPS) is 18.7. The second-order valence-corrected chi connectivity index (χ2v) is 5.88. The lowest BCUT2D eigenvalue weighted by molar-refractivity contribution is -0.116. The minimum absolute atomic E-state index is 0.0745. The molecule has 1 saturated heterocycles. The van der Waals surface area contributed by atoms with Gasteiger partial charge in [-0.25, -0.2) is 4.79 Å². The molecule has 1 heterocycles. The highest BCUT2D eigenvalue weighted by Gasteiger charge is 2.18. The summed E-state index contributed by atoms with van der Waals surface area (Å²) in [5.74, 6) is 0.187. The maximum atomic E-state index is 12.1. The van der Waals surface area contributed by atoms with E-state index in [-0.39, 0.29) is 5.91 Å². The van der Waals surface area contributed by atoms with Crippen LogP contribution in [-0.4, -0.2) is 43.5 Å². The lowest BCUT2D eigenvalue weighted by Crippen LogP contribution is -2.36. The highest BCUT2D eigenvalue weighted by atomic mass is 16.5. The number of nitrogens with zero attached hydrogens (tertiary/aromatic N) is 1. The van der Waals surface area contributed by atoms with Crippen LogP contribution in [0.5, 0.6) is 0 Å². The summed E-state index contributed by atoms with van der Waals surface area (Å²) in [5.41, 5.74) is 0.885. The van der Waals surface area contributed by atoms with Crippen molar-refractivity contribution in [3.8, 4) is 0 Å². The van der Waals surface area contributed by atoms with Gasteiger partial charge in [0.05, 0.1) is 18.4 Å². The van der Waals surface area contributed by atoms with Crippen LogP contribution >= 0.6 is 0 Å². The average molecular weight is 304 g/mol. The van der Waals surface area contributed by atoms with Gasteiger partial charge < -0.3 is 15.0 Å². The molecule has 1 aliphatic heterocycles. The molecule has 1 aromatic carbocycles. The third-order valence-corrected chi connectivity index (χ3v) is 4.00. The molecule has 0 aromatic heterocycles. The van der Waals surface area contributed by atoms with Crippen LogP contribution in [0.2, 0.25) is 0 Å². The van der Waals surface area contributed by atoms with E-state index in [2.05, 4.69) is 17.1 Å². The van der Waals surface area contributed by atoms with Crippen LogP contribution < -0.4 is 5.32 Å². The zero-order valence-corrected chi connectivity index (χ0v) is 13.3. The number of nitrogens with one attached hydrogen (secondary N) is 1. The van der Waals surface area contributed by atoms with Gasteiger partial charge >= 0.3 is 5.97 Å². The predicted octanol–water partition coefficient (Wildman–Crippen LogP) is 2.53. The van der Waals surface area contributed by atoms with Crippen LogP contribution in [0.3, 0.4) is 0 Å². The van der Waals surface area contributed by atoms with Crippen molar-refractivity contribution >= 4 is 17.6 Å². The van der Waals surface area contributed by atoms with E-state index in [0.717, 1.165) is 19.6 Å². The predicted molar refractivity (Wildman–Crippen MR) is 85.9 cm³/mol. The van der Waals surface area contributed by atoms with Crippen LogP contribution in [-0.2, 0) is 9.53 Å². The van der Waals surface area contributed by atoms with Gasteiger partial charge in [0.1, 0.15) is 0 Å². The molecule has 1 amide bonds. The molecule has 0 spiro atoms. The smallest absolute Gasteiger partial charge is 0.339 e. The quantitative estimate of drug-likeness (QED) is 0.849. The number of piperidine rings is 1. The van der Waals surface area contributed by atoms with Crippen LogP contribution in [0.1, 0.15) is 36.5 Å². The van der Waals surface area contributed by atoms with E-state index >= 15 is 0 Å². The van der Waals surface area contributed by atoms with E-state index in [1.54, 1.807) is 24.3 Å². The minimum Gasteiger partial charge on any atom is -0.465 e. The van der Waals surface area contributed by atoms with Crippen molar-refractivity contribution in [3.05, 3.63) is 29.8 Å². The van der Waals surface area contributed by atoms with Crippen molar-refractivity contribution in [2.75, 3.05) is 32.1 Å². The zero-order valence-electron chi connectivity index (χ0n) is 13.3. The van der Waals surface area contributed by atoms with Crippen LogP contribution in [0, 0.1) is 5.92 Å². The summed E-state index contributed by atoms with van der Waals surface area (Å²) >= 11 is 0. The first-order valence-corrected chi connectivity index (χ1v) is 7.79. The Morgan fingerprint density at radius 1 is 1.36 bits per heavy atom. The fourth-order valence-corrected chi connectivity index (χ4v) is 2.84. The zero-order chi connectivity index (χ0) is 15.9. The number of ether oxygens (including phenoxy) is 1. The number of anilines is 1. The van der Waals surface area contributed by atoms with Gasteiger partial charge in [0.15, 0.2) is 0 Å². The molecule has 5 heteroatoms. The molecule has 5 nitrogen and oxygen atoms in total. The summed E-state index contributed by atoms with van der Waals surface area (Å²) in [4.78, 5) is 26.1. The molecule has 1 unspecified atom stereocenters. The summed E-state index contributed by atoms with van der Waals surface area (Å²) in [6, 6.07) is 6.90. The maximum Gasteiger partial charge on any atom is 0.339 e. The first-order chi connectivity index (χ1) is 10.6. The molecular weight excluding hydrogens is 280 g/mol. The van der Waals surface area contributed by atoms with Gasteiger partial charge in [0.25, 0.3) is 0 Å². The van der Waals surface area contributed by atoms with Gasteiger partial charge in [0, 0.05) is 19.5 Å². The molecule has 1 atom stereocenters. The molecule has 0 aliphatic carbocycles. The monoisotopic (exact) mass is 304 g/mol. The number of para-hydroxylation sites is 1. The molecule has 0 saturated carbocycles. The van der Waals surface area contributed by atoms with Crippen molar-refractivity contribution in [2.24, 2.45) is 5.92 Å². The van der Waals surface area contributed by atoms with Gasteiger partial charge in [-0.1, -0.05) is 19.1 Å². The SMILES string of the molecule is COC(=O)c1ccccc1NC(=O)CCN1CCCC(C)C1. The Balaban J connectivity index is 1.88. The average Bonchev–Trinajstić information content (AvgIpc) is 2.53. The Labute approximate surface area is 131 Å². The number of methoxy groups -OCH3 is 1. The lowest BCUT2D eigenvalue weighted by atomic mass is 10.0. The Morgan fingerprint density at radius 2 is 2.14 bits per heavy atom. The number of likely N-dealkylation sites (tertiary alicyclic amines) is 1.